The first-order chi connectivity index (χ1) is 21.2. The van der Waals surface area contributed by atoms with Crippen LogP contribution >= 0.6 is 11.6 Å². The molecule has 3 fully saturated rings. The average Bonchev–Trinajstić information content (AvgIpc) is 3.68. The zero-order valence-corrected chi connectivity index (χ0v) is 24.4. The average molecular weight is 639 g/mol. The predicted octanol–water partition coefficient (Wildman–Crippen LogP) is 4.22. The molecule has 2 N–H and O–H groups in total. The maximum Gasteiger partial charge on any atom is 0.319 e. The number of aromatic amines is 1. The van der Waals surface area contributed by atoms with E-state index >= 15 is 4.39 Å². The van der Waals surface area contributed by atoms with Crippen LogP contribution in [0.1, 0.15) is 50.0 Å². The van der Waals surface area contributed by atoms with E-state index in [4.69, 9.17) is 21.1 Å². The third-order valence-electron chi connectivity index (χ3n) is 9.14. The molecule has 236 valence electrons. The van der Waals surface area contributed by atoms with Gasteiger partial charge in [-0.2, -0.15) is 9.97 Å². The lowest BCUT2D eigenvalue weighted by molar-refractivity contribution is 0.107. The van der Waals surface area contributed by atoms with Crippen molar-refractivity contribution in [2.75, 3.05) is 44.4 Å². The van der Waals surface area contributed by atoms with Gasteiger partial charge in [0.2, 0.25) is 11.4 Å². The van der Waals surface area contributed by atoms with Crippen molar-refractivity contribution in [2.45, 2.75) is 68.6 Å². The Morgan fingerprint density at radius 3 is 2.84 bits per heavy atom. The number of nitrogens with one attached hydrogen (secondary N) is 1. The third kappa shape index (κ3) is 5.14. The number of fused-ring (bicyclic) bond motifs is 1. The van der Waals surface area contributed by atoms with Gasteiger partial charge < -0.3 is 24.5 Å². The van der Waals surface area contributed by atoms with E-state index in [0.717, 1.165) is 25.8 Å². The van der Waals surface area contributed by atoms with Crippen LogP contribution in [0.5, 0.6) is 11.9 Å². The number of hydrogen-bond donors (Lipinski definition) is 2. The Labute approximate surface area is 254 Å². The highest BCUT2D eigenvalue weighted by Crippen LogP contribution is 2.48. The number of H-pyrrole nitrogens is 1. The van der Waals surface area contributed by atoms with Gasteiger partial charge in [-0.1, -0.05) is 11.6 Å². The molecule has 2 saturated heterocycles. The van der Waals surface area contributed by atoms with Crippen molar-refractivity contribution in [3.63, 3.8) is 0 Å². The molecule has 1 aliphatic carbocycles. The van der Waals surface area contributed by atoms with Crippen LogP contribution in [0.2, 0.25) is 5.15 Å². The second-order valence-corrected chi connectivity index (χ2v) is 12.4. The van der Waals surface area contributed by atoms with Gasteiger partial charge in [-0.15, -0.1) is 0 Å². The zero-order chi connectivity index (χ0) is 30.7. The van der Waals surface area contributed by atoms with Crippen LogP contribution in [0.3, 0.4) is 0 Å². The van der Waals surface area contributed by atoms with Crippen molar-refractivity contribution in [3.05, 3.63) is 33.0 Å². The molecule has 44 heavy (non-hydrogen) atoms. The highest BCUT2D eigenvalue weighted by Gasteiger charge is 2.49. The number of hydrogen-bond acceptors (Lipinski definition) is 9. The minimum Gasteiger partial charge on any atom is -0.475 e. The topological polar surface area (TPSA) is 117 Å². The summed E-state index contributed by atoms with van der Waals surface area (Å²) in [5.74, 6) is -1.10. The zero-order valence-electron chi connectivity index (χ0n) is 23.7. The Balaban J connectivity index is 1.41. The fourth-order valence-corrected chi connectivity index (χ4v) is 7.37. The highest BCUT2D eigenvalue weighted by atomic mass is 35.5. The Bertz CT molecular complexity index is 1660. The Hall–Kier alpha value is -3.23. The van der Waals surface area contributed by atoms with Crippen LogP contribution in [-0.4, -0.2) is 93.6 Å². The van der Waals surface area contributed by atoms with E-state index in [1.54, 1.807) is 0 Å². The van der Waals surface area contributed by atoms with E-state index in [1.165, 1.54) is 11.0 Å². The number of anilines is 1. The molecule has 0 aromatic carbocycles. The van der Waals surface area contributed by atoms with Crippen LogP contribution in [-0.2, 0) is 0 Å². The monoisotopic (exact) mass is 638 g/mol. The fraction of sp³-hybridized carbons (Fsp3) is 0.586. The van der Waals surface area contributed by atoms with E-state index in [1.807, 2.05) is 4.90 Å². The third-order valence-corrected chi connectivity index (χ3v) is 9.44. The molecule has 4 aliphatic rings. The van der Waals surface area contributed by atoms with E-state index in [0.29, 0.717) is 18.5 Å². The number of rotatable bonds is 9. The second-order valence-electron chi connectivity index (χ2n) is 12.1. The van der Waals surface area contributed by atoms with E-state index < -0.39 is 42.1 Å². The van der Waals surface area contributed by atoms with Crippen molar-refractivity contribution in [1.82, 2.24) is 24.8 Å². The van der Waals surface area contributed by atoms with Gasteiger partial charge in [0.25, 0.3) is 6.43 Å². The summed E-state index contributed by atoms with van der Waals surface area (Å²) in [5.41, 5.74) is -0.902. The molecule has 0 unspecified atom stereocenters. The molecular weight excluding hydrogens is 608 g/mol. The van der Waals surface area contributed by atoms with Gasteiger partial charge in [0, 0.05) is 36.8 Å². The van der Waals surface area contributed by atoms with Crippen molar-refractivity contribution in [1.29, 1.82) is 0 Å². The number of ether oxygens (including phenoxy) is 2. The summed E-state index contributed by atoms with van der Waals surface area (Å²) < 4.78 is 71.0. The molecule has 0 amide bonds. The molecule has 0 radical (unpaired) electrons. The maximum absolute atomic E-state index is 16.7. The van der Waals surface area contributed by atoms with Gasteiger partial charge in [0.15, 0.2) is 5.82 Å². The van der Waals surface area contributed by atoms with Crippen molar-refractivity contribution in [2.24, 2.45) is 0 Å². The van der Waals surface area contributed by atoms with Gasteiger partial charge >= 0.3 is 6.01 Å². The quantitative estimate of drug-likeness (QED) is 0.263. The summed E-state index contributed by atoms with van der Waals surface area (Å²) >= 11 is 6.42. The summed E-state index contributed by atoms with van der Waals surface area (Å²) in [4.78, 5) is 31.7. The Morgan fingerprint density at radius 1 is 1.27 bits per heavy atom. The van der Waals surface area contributed by atoms with Crippen LogP contribution < -0.4 is 19.9 Å². The highest BCUT2D eigenvalue weighted by molar-refractivity contribution is 6.30. The van der Waals surface area contributed by atoms with E-state index in [-0.39, 0.29) is 83.6 Å². The number of aromatic nitrogens is 4. The summed E-state index contributed by atoms with van der Waals surface area (Å²) in [5, 5.41) is 9.79. The van der Waals surface area contributed by atoms with Crippen molar-refractivity contribution < 1.29 is 32.1 Å². The molecule has 6 heterocycles. The van der Waals surface area contributed by atoms with Crippen LogP contribution in [0.25, 0.3) is 22.2 Å². The van der Waals surface area contributed by atoms with Crippen LogP contribution in [0.15, 0.2) is 10.9 Å². The number of aliphatic hydroxyl groups is 1. The summed E-state index contributed by atoms with van der Waals surface area (Å²) in [6, 6.07) is 0.189. The van der Waals surface area contributed by atoms with Crippen molar-refractivity contribution >= 4 is 28.3 Å². The summed E-state index contributed by atoms with van der Waals surface area (Å²) in [6.45, 7) is -0.206. The van der Waals surface area contributed by atoms with E-state index in [9.17, 15) is 23.1 Å². The van der Waals surface area contributed by atoms with Gasteiger partial charge in [-0.25, -0.2) is 22.5 Å². The first-order valence-corrected chi connectivity index (χ1v) is 15.2. The number of pyridine rings is 2. The second kappa shape index (κ2) is 11.3. The summed E-state index contributed by atoms with van der Waals surface area (Å²) in [7, 11) is 0. The smallest absolute Gasteiger partial charge is 0.319 e. The minimum atomic E-state index is -2.80. The Kier molecular flexibility index (Phi) is 7.56. The minimum absolute atomic E-state index is 0.000905. The number of alkyl halides is 3. The molecule has 15 heteroatoms. The molecule has 7 rings (SSSR count). The standard InChI is InChI=1S/C29H31ClF4N6O4/c30-25-20(14-2-3-14)17(8-19(42)35-25)23-22(34)24-21-26(40(11-18(32)33)16(4-7-41)12-43-27(21)36-23)38-28(37-24)44-13-29-5-1-6-39(29)10-15(31)9-29/h8,14-16,18,41H,1-7,9-13H2,(H,35,42)/t15-,16+,29+/m1/s1. The fourth-order valence-electron chi connectivity index (χ4n) is 7.02. The lowest BCUT2D eigenvalue weighted by atomic mass is 9.95. The van der Waals surface area contributed by atoms with Gasteiger partial charge in [-0.05, 0) is 44.6 Å². The first kappa shape index (κ1) is 29.5. The number of nitrogens with zero attached hydrogens (tertiary/aromatic N) is 5. The number of halogens is 5. The van der Waals surface area contributed by atoms with Gasteiger partial charge in [0.1, 0.15) is 47.0 Å². The predicted molar refractivity (Wildman–Crippen MR) is 153 cm³/mol. The molecule has 3 atom stereocenters. The molecular formula is C29H31ClF4N6O4. The van der Waals surface area contributed by atoms with Crippen LogP contribution in [0.4, 0.5) is 23.4 Å². The molecule has 3 aromatic rings. The van der Waals surface area contributed by atoms with Gasteiger partial charge in [0.05, 0.1) is 18.1 Å². The van der Waals surface area contributed by atoms with E-state index in [2.05, 4.69) is 19.9 Å². The molecule has 3 aliphatic heterocycles. The Morgan fingerprint density at radius 2 is 2.09 bits per heavy atom. The largest absolute Gasteiger partial charge is 0.475 e. The molecule has 3 aromatic heterocycles. The lowest BCUT2D eigenvalue weighted by Gasteiger charge is -2.32. The number of aliphatic hydroxyl groups excluding tert-OH is 1. The molecule has 0 bridgehead atoms. The van der Waals surface area contributed by atoms with Crippen molar-refractivity contribution in [3.8, 4) is 23.1 Å². The molecule has 0 spiro atoms. The van der Waals surface area contributed by atoms with Crippen LogP contribution in [0, 0.1) is 5.82 Å². The summed E-state index contributed by atoms with van der Waals surface area (Å²) in [6.07, 6.45) is -0.296. The normalized spacial score (nSPS) is 25.0. The lowest BCUT2D eigenvalue weighted by Crippen LogP contribution is -2.44. The molecule has 10 nitrogen and oxygen atoms in total. The van der Waals surface area contributed by atoms with Gasteiger partial charge in [-0.3, -0.25) is 9.69 Å². The maximum atomic E-state index is 16.7. The first-order valence-electron chi connectivity index (χ1n) is 14.8. The molecule has 1 saturated carbocycles. The SMILES string of the molecule is O=c1cc(-c2nc3c4c(nc(OC[C@@]56CCCN5C[C@H](F)C6)nc4c2F)N(CC(F)F)[C@@H](CCO)CO3)c(C2CC2)c(Cl)[nH]1.